The van der Waals surface area contributed by atoms with Gasteiger partial charge in [-0.2, -0.15) is 0 Å². The molecule has 1 aliphatic rings. The number of rotatable bonds is 6. The second-order valence-electron chi connectivity index (χ2n) is 8.90. The van der Waals surface area contributed by atoms with Crippen molar-refractivity contribution in [2.45, 2.75) is 25.9 Å². The molecule has 0 spiro atoms. The number of hydrogen-bond acceptors (Lipinski definition) is 6. The number of halogens is 1. The summed E-state index contributed by atoms with van der Waals surface area (Å²) in [6.07, 6.45) is 1.71. The van der Waals surface area contributed by atoms with Crippen LogP contribution in [0.25, 0.3) is 5.69 Å². The van der Waals surface area contributed by atoms with Gasteiger partial charge in [0, 0.05) is 22.6 Å². The van der Waals surface area contributed by atoms with E-state index in [2.05, 4.69) is 10.3 Å². The van der Waals surface area contributed by atoms with Gasteiger partial charge < -0.3 is 24.6 Å². The summed E-state index contributed by atoms with van der Waals surface area (Å²) in [6, 6.07) is 16.4. The Kier molecular flexibility index (Phi) is 6.68. The Labute approximate surface area is 229 Å². The standard InChI is InChI=1S/C27H24ClN5O4S/c1-15-12-19(16(2)31(15)21-9-8-18(37-3)14-22(21)33(35)36)26-25(20-6-4-5-11-29-20)30-27(38)32(26)23-13-17(28)7-10-24(23)34/h4-14,25-26,34H,1-3H3,(H,30,38)/t25-,26+/m1/s1. The van der Waals surface area contributed by atoms with E-state index in [9.17, 15) is 15.2 Å². The number of phenols is 1. The highest BCUT2D eigenvalue weighted by atomic mass is 35.5. The van der Waals surface area contributed by atoms with Crippen LogP contribution in [0.5, 0.6) is 11.5 Å². The average molecular weight is 550 g/mol. The Morgan fingerprint density at radius 1 is 1.13 bits per heavy atom. The van der Waals surface area contributed by atoms with Crippen LogP contribution in [0.3, 0.4) is 0 Å². The molecule has 4 aromatic rings. The third-order valence-electron chi connectivity index (χ3n) is 6.70. The van der Waals surface area contributed by atoms with Crippen molar-refractivity contribution < 1.29 is 14.8 Å². The molecule has 11 heteroatoms. The summed E-state index contributed by atoms with van der Waals surface area (Å²) in [5, 5.41) is 27.0. The molecule has 2 atom stereocenters. The number of hydrogen-bond donors (Lipinski definition) is 2. The summed E-state index contributed by atoms with van der Waals surface area (Å²) < 4.78 is 7.06. The maximum absolute atomic E-state index is 12.0. The molecule has 0 amide bonds. The molecule has 1 aliphatic heterocycles. The van der Waals surface area contributed by atoms with E-state index in [1.165, 1.54) is 19.2 Å². The van der Waals surface area contributed by atoms with Crippen LogP contribution in [0.4, 0.5) is 11.4 Å². The Balaban J connectivity index is 1.73. The summed E-state index contributed by atoms with van der Waals surface area (Å²) >= 11 is 12.1. The first-order valence-electron chi connectivity index (χ1n) is 11.7. The highest BCUT2D eigenvalue weighted by molar-refractivity contribution is 7.80. The quantitative estimate of drug-likeness (QED) is 0.173. The van der Waals surface area contributed by atoms with Crippen molar-refractivity contribution in [3.05, 3.63) is 105 Å². The molecule has 38 heavy (non-hydrogen) atoms. The lowest BCUT2D eigenvalue weighted by atomic mass is 9.96. The molecule has 0 radical (unpaired) electrons. The van der Waals surface area contributed by atoms with Crippen molar-refractivity contribution in [2.24, 2.45) is 0 Å². The van der Waals surface area contributed by atoms with Gasteiger partial charge in [-0.25, -0.2) is 0 Å². The number of nitro benzene ring substituents is 1. The van der Waals surface area contributed by atoms with E-state index in [1.807, 2.05) is 47.6 Å². The highest BCUT2D eigenvalue weighted by Gasteiger charge is 2.43. The summed E-state index contributed by atoms with van der Waals surface area (Å²) in [4.78, 5) is 18.0. The number of aromatic nitrogens is 2. The first-order valence-corrected chi connectivity index (χ1v) is 12.5. The normalized spacial score (nSPS) is 16.9. The first kappa shape index (κ1) is 25.5. The van der Waals surface area contributed by atoms with E-state index in [0.717, 1.165) is 22.6 Å². The van der Waals surface area contributed by atoms with Gasteiger partial charge in [0.05, 0.1) is 41.6 Å². The lowest BCUT2D eigenvalue weighted by molar-refractivity contribution is -0.384. The van der Waals surface area contributed by atoms with E-state index in [4.69, 9.17) is 28.6 Å². The zero-order valence-corrected chi connectivity index (χ0v) is 22.3. The maximum atomic E-state index is 12.0. The van der Waals surface area contributed by atoms with Crippen LogP contribution < -0.4 is 15.0 Å². The smallest absolute Gasteiger partial charge is 0.296 e. The van der Waals surface area contributed by atoms with Gasteiger partial charge in [0.1, 0.15) is 17.2 Å². The number of anilines is 1. The third kappa shape index (κ3) is 4.31. The molecule has 0 aliphatic carbocycles. The van der Waals surface area contributed by atoms with Crippen LogP contribution in [0.1, 0.15) is 34.7 Å². The molecule has 1 saturated heterocycles. The zero-order chi connectivity index (χ0) is 27.1. The van der Waals surface area contributed by atoms with Gasteiger partial charge >= 0.3 is 0 Å². The third-order valence-corrected chi connectivity index (χ3v) is 7.25. The summed E-state index contributed by atoms with van der Waals surface area (Å²) in [7, 11) is 1.47. The lowest BCUT2D eigenvalue weighted by Crippen LogP contribution is -2.29. The van der Waals surface area contributed by atoms with Crippen LogP contribution >= 0.6 is 23.8 Å². The van der Waals surface area contributed by atoms with E-state index in [1.54, 1.807) is 30.5 Å². The van der Waals surface area contributed by atoms with Crippen LogP contribution in [0, 0.1) is 24.0 Å². The predicted octanol–water partition coefficient (Wildman–Crippen LogP) is 5.94. The predicted molar refractivity (Wildman–Crippen MR) is 149 cm³/mol. The monoisotopic (exact) mass is 549 g/mol. The van der Waals surface area contributed by atoms with Crippen molar-refractivity contribution >= 4 is 40.3 Å². The minimum absolute atomic E-state index is 0.0184. The molecule has 2 aromatic carbocycles. The van der Waals surface area contributed by atoms with Gasteiger partial charge in [0.2, 0.25) is 0 Å². The Morgan fingerprint density at radius 2 is 1.92 bits per heavy atom. The number of thiocarbonyl (C=S) groups is 1. The number of aryl methyl sites for hydroxylation is 1. The molecular formula is C27H24ClN5O4S. The van der Waals surface area contributed by atoms with Crippen LogP contribution in [-0.4, -0.2) is 31.8 Å². The molecule has 2 N–H and O–H groups in total. The number of phenolic OH excluding ortho intramolecular Hbond substituents is 1. The van der Waals surface area contributed by atoms with Gasteiger partial charge in [-0.3, -0.25) is 15.1 Å². The molecule has 2 aromatic heterocycles. The van der Waals surface area contributed by atoms with Crippen LogP contribution in [0.2, 0.25) is 5.02 Å². The number of aromatic hydroxyl groups is 1. The Morgan fingerprint density at radius 3 is 2.61 bits per heavy atom. The summed E-state index contributed by atoms with van der Waals surface area (Å²) in [5.74, 6) is 0.413. The lowest BCUT2D eigenvalue weighted by Gasteiger charge is -2.28. The number of pyridine rings is 1. The van der Waals surface area contributed by atoms with Crippen molar-refractivity contribution in [2.75, 3.05) is 12.0 Å². The zero-order valence-electron chi connectivity index (χ0n) is 20.8. The first-order chi connectivity index (χ1) is 18.2. The summed E-state index contributed by atoms with van der Waals surface area (Å²) in [6.45, 7) is 3.80. The van der Waals surface area contributed by atoms with Gasteiger partial charge in [0.25, 0.3) is 5.69 Å². The minimum atomic E-state index is -0.445. The average Bonchev–Trinajstić information content (AvgIpc) is 3.40. The topological polar surface area (TPSA) is 106 Å². The molecule has 0 unspecified atom stereocenters. The molecule has 0 saturated carbocycles. The van der Waals surface area contributed by atoms with Gasteiger partial charge in [-0.1, -0.05) is 17.7 Å². The fourth-order valence-electron chi connectivity index (χ4n) is 5.04. The van der Waals surface area contributed by atoms with Crippen molar-refractivity contribution in [3.8, 4) is 17.2 Å². The highest BCUT2D eigenvalue weighted by Crippen LogP contribution is 2.47. The minimum Gasteiger partial charge on any atom is -0.506 e. The maximum Gasteiger partial charge on any atom is 0.296 e. The van der Waals surface area contributed by atoms with Gasteiger partial charge in [-0.05, 0) is 80.2 Å². The van der Waals surface area contributed by atoms with Gasteiger partial charge in [0.15, 0.2) is 5.11 Å². The number of nitrogens with one attached hydrogen (secondary N) is 1. The number of nitro groups is 1. The van der Waals surface area contributed by atoms with E-state index < -0.39 is 11.0 Å². The van der Waals surface area contributed by atoms with Crippen LogP contribution in [0.15, 0.2) is 66.9 Å². The summed E-state index contributed by atoms with van der Waals surface area (Å²) in [5.41, 5.74) is 3.96. The number of methoxy groups -OCH3 is 1. The molecular weight excluding hydrogens is 526 g/mol. The van der Waals surface area contributed by atoms with E-state index in [0.29, 0.717) is 27.3 Å². The Hall–Kier alpha value is -4.15. The molecule has 9 nitrogen and oxygen atoms in total. The molecule has 1 fully saturated rings. The molecule has 0 bridgehead atoms. The fraction of sp³-hybridized carbons (Fsp3) is 0.185. The van der Waals surface area contributed by atoms with Crippen molar-refractivity contribution in [1.29, 1.82) is 0 Å². The van der Waals surface area contributed by atoms with Crippen LogP contribution in [-0.2, 0) is 0 Å². The SMILES string of the molecule is COc1ccc(-n2c(C)cc([C@H]3[C@@H](c4ccccn4)NC(=S)N3c3cc(Cl)ccc3O)c2C)c([N+](=O)[O-])c1. The Bertz CT molecular complexity index is 1560. The largest absolute Gasteiger partial charge is 0.506 e. The second kappa shape index (κ2) is 9.96. The van der Waals surface area contributed by atoms with E-state index >= 15 is 0 Å². The number of benzene rings is 2. The second-order valence-corrected chi connectivity index (χ2v) is 9.73. The van der Waals surface area contributed by atoms with E-state index in [-0.39, 0.29) is 17.5 Å². The molecule has 194 valence electrons. The van der Waals surface area contributed by atoms with Crippen molar-refractivity contribution in [3.63, 3.8) is 0 Å². The number of ether oxygens (including phenoxy) is 1. The molecule has 5 rings (SSSR count). The van der Waals surface area contributed by atoms with Gasteiger partial charge in [-0.15, -0.1) is 0 Å². The number of nitrogens with zero attached hydrogens (tertiary/aromatic N) is 4. The van der Waals surface area contributed by atoms with Crippen molar-refractivity contribution in [1.82, 2.24) is 14.9 Å². The fourth-order valence-corrected chi connectivity index (χ4v) is 5.55. The molecule has 3 heterocycles.